The van der Waals surface area contributed by atoms with Crippen LogP contribution < -0.4 is 11.1 Å². The molecule has 4 nitrogen and oxygen atoms in total. The zero-order valence-corrected chi connectivity index (χ0v) is 14.2. The molecule has 0 amide bonds. The Morgan fingerprint density at radius 2 is 1.78 bits per heavy atom. The average molecular weight is 371 g/mol. The highest BCUT2D eigenvalue weighted by atomic mass is 127. The largest absolute Gasteiger partial charge is 0.380 e. The highest BCUT2D eigenvalue weighted by Gasteiger charge is 1.92. The van der Waals surface area contributed by atoms with E-state index < -0.39 is 0 Å². The molecule has 0 unspecified atom stereocenters. The quantitative estimate of drug-likeness (QED) is 0.254. The van der Waals surface area contributed by atoms with Crippen LogP contribution in [0.4, 0.5) is 0 Å². The van der Waals surface area contributed by atoms with Crippen LogP contribution in [0, 0.1) is 0 Å². The number of unbranched alkanes of at least 4 members (excludes halogenated alkanes) is 4. The van der Waals surface area contributed by atoms with E-state index in [1.165, 1.54) is 25.7 Å². The standard InChI is InChI=1S/C13H29N3O.HI/c1-3-5-7-8-9-15-13(14)16-10-12-17-11-6-4-2;/h3-12H2,1-2H3,(H3,14,15,16);1H. The van der Waals surface area contributed by atoms with Crippen LogP contribution in [0.2, 0.25) is 0 Å². The van der Waals surface area contributed by atoms with Crippen molar-refractivity contribution < 1.29 is 4.74 Å². The SMILES string of the molecule is CCCCCCN=C(N)NCCOCCCC.I. The molecule has 0 aromatic rings. The molecule has 0 aliphatic heterocycles. The Morgan fingerprint density at radius 3 is 2.44 bits per heavy atom. The minimum absolute atomic E-state index is 0. The Balaban J connectivity index is 0. The lowest BCUT2D eigenvalue weighted by Gasteiger charge is -2.06. The van der Waals surface area contributed by atoms with Crippen molar-refractivity contribution >= 4 is 29.9 Å². The second kappa shape index (κ2) is 17.0. The number of rotatable bonds is 11. The van der Waals surface area contributed by atoms with Crippen molar-refractivity contribution in [3.05, 3.63) is 0 Å². The number of nitrogens with zero attached hydrogens (tertiary/aromatic N) is 1. The van der Waals surface area contributed by atoms with Gasteiger partial charge in [0, 0.05) is 19.7 Å². The summed E-state index contributed by atoms with van der Waals surface area (Å²) in [5.74, 6) is 0.542. The lowest BCUT2D eigenvalue weighted by atomic mass is 10.2. The van der Waals surface area contributed by atoms with Gasteiger partial charge in [-0.05, 0) is 12.8 Å². The van der Waals surface area contributed by atoms with Crippen molar-refractivity contribution in [3.8, 4) is 0 Å². The summed E-state index contributed by atoms with van der Waals surface area (Å²) in [6, 6.07) is 0. The first-order valence-electron chi connectivity index (χ1n) is 6.92. The summed E-state index contributed by atoms with van der Waals surface area (Å²) in [5.41, 5.74) is 5.71. The molecule has 0 fully saturated rings. The van der Waals surface area contributed by atoms with E-state index in [-0.39, 0.29) is 24.0 Å². The number of halogens is 1. The Morgan fingerprint density at radius 1 is 1.06 bits per heavy atom. The molecular weight excluding hydrogens is 341 g/mol. The van der Waals surface area contributed by atoms with Gasteiger partial charge < -0.3 is 15.8 Å². The summed E-state index contributed by atoms with van der Waals surface area (Å²) in [4.78, 5) is 4.26. The van der Waals surface area contributed by atoms with Crippen molar-refractivity contribution in [1.29, 1.82) is 0 Å². The van der Waals surface area contributed by atoms with Crippen molar-refractivity contribution in [1.82, 2.24) is 5.32 Å². The van der Waals surface area contributed by atoms with Crippen LogP contribution in [-0.4, -0.2) is 32.3 Å². The van der Waals surface area contributed by atoms with E-state index in [1.54, 1.807) is 0 Å². The Labute approximate surface area is 129 Å². The minimum Gasteiger partial charge on any atom is -0.380 e. The lowest BCUT2D eigenvalue weighted by molar-refractivity contribution is 0.136. The first-order chi connectivity index (χ1) is 8.31. The van der Waals surface area contributed by atoms with Gasteiger partial charge in [0.05, 0.1) is 6.61 Å². The molecule has 0 spiro atoms. The molecule has 0 saturated heterocycles. The Hall–Kier alpha value is -0.0400. The molecule has 110 valence electrons. The fourth-order valence-electron chi connectivity index (χ4n) is 1.39. The van der Waals surface area contributed by atoms with E-state index in [9.17, 15) is 0 Å². The van der Waals surface area contributed by atoms with Crippen LogP contribution in [0.1, 0.15) is 52.4 Å². The Kier molecular flexibility index (Phi) is 19.1. The molecule has 3 N–H and O–H groups in total. The second-order valence-corrected chi connectivity index (χ2v) is 4.22. The number of aliphatic imine (C=N–C) groups is 1. The highest BCUT2D eigenvalue weighted by molar-refractivity contribution is 14.0. The maximum atomic E-state index is 5.71. The average Bonchev–Trinajstić information content (AvgIpc) is 2.33. The van der Waals surface area contributed by atoms with E-state index in [1.807, 2.05) is 0 Å². The third kappa shape index (κ3) is 16.0. The summed E-state index contributed by atoms with van der Waals surface area (Å²) in [6.45, 7) is 7.48. The molecular formula is C13H30IN3O. The number of ether oxygens (including phenoxy) is 1. The summed E-state index contributed by atoms with van der Waals surface area (Å²) >= 11 is 0. The predicted octanol–water partition coefficient (Wildman–Crippen LogP) is 2.91. The number of hydrogen-bond donors (Lipinski definition) is 2. The van der Waals surface area contributed by atoms with Gasteiger partial charge in [0.25, 0.3) is 0 Å². The van der Waals surface area contributed by atoms with Crippen LogP contribution in [0.3, 0.4) is 0 Å². The van der Waals surface area contributed by atoms with Crippen molar-refractivity contribution in [3.63, 3.8) is 0 Å². The van der Waals surface area contributed by atoms with E-state index in [4.69, 9.17) is 10.5 Å². The fraction of sp³-hybridized carbons (Fsp3) is 0.923. The zero-order valence-electron chi connectivity index (χ0n) is 11.9. The van der Waals surface area contributed by atoms with Crippen molar-refractivity contribution in [2.45, 2.75) is 52.4 Å². The normalized spacial score (nSPS) is 11.1. The zero-order chi connectivity index (χ0) is 12.8. The van der Waals surface area contributed by atoms with Gasteiger partial charge in [0.1, 0.15) is 0 Å². The topological polar surface area (TPSA) is 59.6 Å². The third-order valence-electron chi connectivity index (χ3n) is 2.49. The Bertz CT molecular complexity index is 189. The van der Waals surface area contributed by atoms with Gasteiger partial charge in [-0.3, -0.25) is 4.99 Å². The molecule has 0 aliphatic rings. The maximum Gasteiger partial charge on any atom is 0.188 e. The van der Waals surface area contributed by atoms with Gasteiger partial charge in [-0.25, -0.2) is 0 Å². The third-order valence-corrected chi connectivity index (χ3v) is 2.49. The maximum absolute atomic E-state index is 5.71. The monoisotopic (exact) mass is 371 g/mol. The van der Waals surface area contributed by atoms with Crippen LogP contribution in [0.15, 0.2) is 4.99 Å². The molecule has 0 aromatic carbocycles. The number of nitrogens with one attached hydrogen (secondary N) is 1. The molecule has 0 bridgehead atoms. The van der Waals surface area contributed by atoms with Gasteiger partial charge in [0.2, 0.25) is 0 Å². The van der Waals surface area contributed by atoms with E-state index in [2.05, 4.69) is 24.2 Å². The summed E-state index contributed by atoms with van der Waals surface area (Å²) in [5, 5.41) is 3.05. The van der Waals surface area contributed by atoms with Crippen molar-refractivity contribution in [2.75, 3.05) is 26.3 Å². The predicted molar refractivity (Wildman–Crippen MR) is 89.8 cm³/mol. The smallest absolute Gasteiger partial charge is 0.188 e. The van der Waals surface area contributed by atoms with Gasteiger partial charge in [-0.1, -0.05) is 39.5 Å². The van der Waals surface area contributed by atoms with Crippen LogP contribution in [0.5, 0.6) is 0 Å². The van der Waals surface area contributed by atoms with Gasteiger partial charge >= 0.3 is 0 Å². The molecule has 0 aromatic heterocycles. The molecule has 0 saturated carbocycles. The van der Waals surface area contributed by atoms with Gasteiger partial charge in [-0.15, -0.1) is 24.0 Å². The van der Waals surface area contributed by atoms with Gasteiger partial charge in [0.15, 0.2) is 5.96 Å². The van der Waals surface area contributed by atoms with Crippen molar-refractivity contribution in [2.24, 2.45) is 10.7 Å². The first kappa shape index (κ1) is 20.3. The minimum atomic E-state index is 0. The van der Waals surface area contributed by atoms with E-state index >= 15 is 0 Å². The molecule has 0 rings (SSSR count). The highest BCUT2D eigenvalue weighted by Crippen LogP contribution is 1.98. The van der Waals surface area contributed by atoms with E-state index in [0.29, 0.717) is 12.6 Å². The number of hydrogen-bond acceptors (Lipinski definition) is 2. The summed E-state index contributed by atoms with van der Waals surface area (Å²) in [7, 11) is 0. The molecule has 0 atom stereocenters. The first-order valence-corrected chi connectivity index (χ1v) is 6.92. The molecule has 0 aliphatic carbocycles. The van der Waals surface area contributed by atoms with Crippen LogP contribution >= 0.6 is 24.0 Å². The molecule has 18 heavy (non-hydrogen) atoms. The lowest BCUT2D eigenvalue weighted by Crippen LogP contribution is -2.34. The van der Waals surface area contributed by atoms with Crippen LogP contribution in [-0.2, 0) is 4.74 Å². The van der Waals surface area contributed by atoms with Gasteiger partial charge in [-0.2, -0.15) is 0 Å². The summed E-state index contributed by atoms with van der Waals surface area (Å²) in [6.07, 6.45) is 7.22. The second-order valence-electron chi connectivity index (χ2n) is 4.22. The molecule has 0 heterocycles. The number of nitrogens with two attached hydrogens (primary N) is 1. The van der Waals surface area contributed by atoms with E-state index in [0.717, 1.165) is 32.5 Å². The molecule has 5 heteroatoms. The van der Waals surface area contributed by atoms with Crippen LogP contribution in [0.25, 0.3) is 0 Å². The summed E-state index contributed by atoms with van der Waals surface area (Å²) < 4.78 is 5.41. The molecule has 0 radical (unpaired) electrons. The fourth-order valence-corrected chi connectivity index (χ4v) is 1.39. The number of guanidine groups is 1.